The highest BCUT2D eigenvalue weighted by molar-refractivity contribution is 5.43. The number of methoxy groups -OCH3 is 4. The number of ether oxygens (including phenoxy) is 4. The summed E-state index contributed by atoms with van der Waals surface area (Å²) in [7, 11) is 6.61. The van der Waals surface area contributed by atoms with Crippen LogP contribution in [0.1, 0.15) is 11.1 Å². The molecule has 0 spiro atoms. The second-order valence-corrected chi connectivity index (χ2v) is 5.29. The van der Waals surface area contributed by atoms with Crippen LogP contribution < -0.4 is 24.3 Å². The lowest BCUT2D eigenvalue weighted by molar-refractivity contribution is 0.354. The number of benzene rings is 2. The Morgan fingerprint density at radius 1 is 0.750 bits per heavy atom. The quantitative estimate of drug-likeness (QED) is 0.716. The molecule has 0 aliphatic carbocycles. The van der Waals surface area contributed by atoms with E-state index in [4.69, 9.17) is 18.9 Å². The lowest BCUT2D eigenvalue weighted by Gasteiger charge is -2.12. The molecule has 0 atom stereocenters. The van der Waals surface area contributed by atoms with E-state index in [9.17, 15) is 0 Å². The van der Waals surface area contributed by atoms with Crippen molar-refractivity contribution in [3.8, 4) is 23.0 Å². The first-order chi connectivity index (χ1) is 11.7. The molecule has 5 nitrogen and oxygen atoms in total. The van der Waals surface area contributed by atoms with E-state index >= 15 is 0 Å². The van der Waals surface area contributed by atoms with Crippen molar-refractivity contribution in [2.75, 3.05) is 35.0 Å². The molecule has 0 unspecified atom stereocenters. The Bertz CT molecular complexity index is 658. The number of hydrogen-bond donors (Lipinski definition) is 1. The van der Waals surface area contributed by atoms with E-state index < -0.39 is 0 Å². The highest BCUT2D eigenvalue weighted by Crippen LogP contribution is 2.27. The maximum absolute atomic E-state index is 5.41. The summed E-state index contributed by atoms with van der Waals surface area (Å²) in [5.74, 6) is 3.12. The highest BCUT2D eigenvalue weighted by atomic mass is 16.5. The Hall–Kier alpha value is -2.40. The summed E-state index contributed by atoms with van der Waals surface area (Å²) in [5.41, 5.74) is 2.30. The van der Waals surface area contributed by atoms with Gasteiger partial charge in [-0.25, -0.2) is 0 Å². The van der Waals surface area contributed by atoms with Crippen LogP contribution in [0.4, 0.5) is 0 Å². The third kappa shape index (κ3) is 4.55. The zero-order valence-corrected chi connectivity index (χ0v) is 14.7. The first-order valence-corrected chi connectivity index (χ1v) is 7.84. The van der Waals surface area contributed by atoms with Crippen LogP contribution in [0.3, 0.4) is 0 Å². The van der Waals surface area contributed by atoms with E-state index in [1.807, 2.05) is 30.3 Å². The van der Waals surface area contributed by atoms with Gasteiger partial charge in [0.05, 0.1) is 28.4 Å². The molecule has 0 aliphatic heterocycles. The van der Waals surface area contributed by atoms with E-state index in [0.717, 1.165) is 48.1 Å². The normalized spacial score (nSPS) is 10.3. The van der Waals surface area contributed by atoms with Gasteiger partial charge in [0.2, 0.25) is 0 Å². The smallest absolute Gasteiger partial charge is 0.160 e. The van der Waals surface area contributed by atoms with E-state index in [-0.39, 0.29) is 0 Å². The van der Waals surface area contributed by atoms with Crippen molar-refractivity contribution < 1.29 is 18.9 Å². The van der Waals surface area contributed by atoms with E-state index in [1.165, 1.54) is 5.56 Å². The van der Waals surface area contributed by atoms with Gasteiger partial charge in [0.15, 0.2) is 11.5 Å². The molecule has 2 aromatic carbocycles. The lowest BCUT2D eigenvalue weighted by atomic mass is 10.1. The van der Waals surface area contributed by atoms with Gasteiger partial charge in [-0.3, -0.25) is 0 Å². The van der Waals surface area contributed by atoms with Crippen LogP contribution >= 0.6 is 0 Å². The summed E-state index contributed by atoms with van der Waals surface area (Å²) in [6, 6.07) is 11.8. The maximum atomic E-state index is 5.41. The third-order valence-electron chi connectivity index (χ3n) is 3.85. The fourth-order valence-electron chi connectivity index (χ4n) is 2.49. The molecule has 5 heteroatoms. The Morgan fingerprint density at radius 2 is 1.50 bits per heavy atom. The molecule has 1 N–H and O–H groups in total. The molecule has 130 valence electrons. The van der Waals surface area contributed by atoms with Crippen LogP contribution in [0, 0.1) is 0 Å². The minimum atomic E-state index is 0.737. The SMILES string of the molecule is COc1ccc(CNCCc2ccc(OC)c(OC)c2)c(OC)c1. The lowest BCUT2D eigenvalue weighted by Crippen LogP contribution is -2.17. The summed E-state index contributed by atoms with van der Waals surface area (Å²) < 4.78 is 21.2. The Morgan fingerprint density at radius 3 is 2.17 bits per heavy atom. The summed E-state index contributed by atoms with van der Waals surface area (Å²) >= 11 is 0. The summed E-state index contributed by atoms with van der Waals surface area (Å²) in [5, 5.41) is 3.44. The molecule has 2 rings (SSSR count). The molecule has 0 amide bonds. The van der Waals surface area contributed by atoms with Gasteiger partial charge in [0, 0.05) is 18.2 Å². The molecule has 2 aromatic rings. The van der Waals surface area contributed by atoms with Crippen molar-refractivity contribution in [1.29, 1.82) is 0 Å². The average Bonchev–Trinajstić information content (AvgIpc) is 2.64. The van der Waals surface area contributed by atoms with Crippen LogP contribution in [0.2, 0.25) is 0 Å². The van der Waals surface area contributed by atoms with E-state index in [1.54, 1.807) is 28.4 Å². The van der Waals surface area contributed by atoms with Crippen molar-refractivity contribution in [3.05, 3.63) is 47.5 Å². The van der Waals surface area contributed by atoms with Gasteiger partial charge in [-0.05, 0) is 36.7 Å². The topological polar surface area (TPSA) is 49.0 Å². The molecular formula is C19H25NO4. The third-order valence-corrected chi connectivity index (χ3v) is 3.85. The summed E-state index contributed by atoms with van der Waals surface area (Å²) in [6.07, 6.45) is 0.902. The van der Waals surface area contributed by atoms with Crippen LogP contribution in [0.25, 0.3) is 0 Å². The van der Waals surface area contributed by atoms with Crippen LogP contribution in [-0.4, -0.2) is 35.0 Å². The van der Waals surface area contributed by atoms with Crippen molar-refractivity contribution in [3.63, 3.8) is 0 Å². The van der Waals surface area contributed by atoms with E-state index in [2.05, 4.69) is 11.4 Å². The highest BCUT2D eigenvalue weighted by Gasteiger charge is 2.06. The second kappa shape index (κ2) is 9.03. The summed E-state index contributed by atoms with van der Waals surface area (Å²) in [4.78, 5) is 0. The second-order valence-electron chi connectivity index (χ2n) is 5.29. The first kappa shape index (κ1) is 17.9. The molecule has 0 fully saturated rings. The van der Waals surface area contributed by atoms with Crippen molar-refractivity contribution >= 4 is 0 Å². The fourth-order valence-corrected chi connectivity index (χ4v) is 2.49. The van der Waals surface area contributed by atoms with Gasteiger partial charge < -0.3 is 24.3 Å². The number of hydrogen-bond acceptors (Lipinski definition) is 5. The van der Waals surface area contributed by atoms with Crippen LogP contribution in [0.5, 0.6) is 23.0 Å². The van der Waals surface area contributed by atoms with Gasteiger partial charge in [-0.1, -0.05) is 12.1 Å². The van der Waals surface area contributed by atoms with Gasteiger partial charge in [0.25, 0.3) is 0 Å². The average molecular weight is 331 g/mol. The minimum Gasteiger partial charge on any atom is -0.497 e. The minimum absolute atomic E-state index is 0.737. The molecule has 0 saturated heterocycles. The number of nitrogens with one attached hydrogen (secondary N) is 1. The summed E-state index contributed by atoms with van der Waals surface area (Å²) in [6.45, 7) is 1.59. The monoisotopic (exact) mass is 331 g/mol. The van der Waals surface area contributed by atoms with Gasteiger partial charge in [-0.15, -0.1) is 0 Å². The molecule has 24 heavy (non-hydrogen) atoms. The van der Waals surface area contributed by atoms with Gasteiger partial charge in [0.1, 0.15) is 11.5 Å². The molecule has 0 bridgehead atoms. The predicted molar refractivity (Wildman–Crippen MR) is 94.5 cm³/mol. The first-order valence-electron chi connectivity index (χ1n) is 7.84. The molecule has 0 aromatic heterocycles. The van der Waals surface area contributed by atoms with Gasteiger partial charge in [-0.2, -0.15) is 0 Å². The molecule has 0 aliphatic rings. The largest absolute Gasteiger partial charge is 0.497 e. The Balaban J connectivity index is 1.89. The molecule has 0 heterocycles. The maximum Gasteiger partial charge on any atom is 0.160 e. The molecular weight excluding hydrogens is 306 g/mol. The number of rotatable bonds is 9. The fraction of sp³-hybridized carbons (Fsp3) is 0.368. The van der Waals surface area contributed by atoms with Crippen molar-refractivity contribution in [2.45, 2.75) is 13.0 Å². The van der Waals surface area contributed by atoms with Gasteiger partial charge >= 0.3 is 0 Å². The zero-order valence-electron chi connectivity index (χ0n) is 14.7. The predicted octanol–water partition coefficient (Wildman–Crippen LogP) is 3.05. The van der Waals surface area contributed by atoms with Crippen LogP contribution in [0.15, 0.2) is 36.4 Å². The standard InChI is InChI=1S/C19H25NO4/c1-21-16-7-6-15(18(12-16)23-3)13-20-10-9-14-5-8-17(22-2)19(11-14)24-4/h5-8,11-12,20H,9-10,13H2,1-4H3. The van der Waals surface area contributed by atoms with Crippen molar-refractivity contribution in [2.24, 2.45) is 0 Å². The Labute approximate surface area is 143 Å². The van der Waals surface area contributed by atoms with Crippen molar-refractivity contribution in [1.82, 2.24) is 5.32 Å². The Kier molecular flexibility index (Phi) is 6.75. The molecule has 0 radical (unpaired) electrons. The van der Waals surface area contributed by atoms with Crippen LogP contribution in [-0.2, 0) is 13.0 Å². The zero-order chi connectivity index (χ0) is 17.4. The molecule has 0 saturated carbocycles. The van der Waals surface area contributed by atoms with E-state index in [0.29, 0.717) is 0 Å².